The molecule has 5 nitrogen and oxygen atoms in total. The second kappa shape index (κ2) is 10.8. The van der Waals surface area contributed by atoms with Crippen molar-refractivity contribution < 1.29 is 14.0 Å². The third-order valence-electron chi connectivity index (χ3n) is 6.21. The minimum atomic E-state index is -0.408. The fourth-order valence-corrected chi connectivity index (χ4v) is 4.55. The number of carbonyl (C=O) groups excluding carboxylic acids is 2. The number of rotatable bonds is 6. The van der Waals surface area contributed by atoms with Crippen LogP contribution in [0, 0.1) is 5.82 Å². The highest BCUT2D eigenvalue weighted by atomic mass is 35.5. The molecule has 3 aromatic rings. The monoisotopic (exact) mass is 479 g/mol. The summed E-state index contributed by atoms with van der Waals surface area (Å²) >= 11 is 6.51. The highest BCUT2D eigenvalue weighted by molar-refractivity contribution is 6.31. The van der Waals surface area contributed by atoms with E-state index in [2.05, 4.69) is 5.32 Å². The molecule has 3 N–H and O–H groups in total. The molecule has 0 aliphatic heterocycles. The molecule has 0 radical (unpaired) electrons. The number of nitrogens with one attached hydrogen (secondary N) is 1. The van der Waals surface area contributed by atoms with E-state index in [1.165, 1.54) is 24.3 Å². The summed E-state index contributed by atoms with van der Waals surface area (Å²) in [6, 6.07) is 19.4. The van der Waals surface area contributed by atoms with Crippen LogP contribution in [0.1, 0.15) is 52.0 Å². The van der Waals surface area contributed by atoms with E-state index in [1.54, 1.807) is 30.3 Å². The Labute approximate surface area is 203 Å². The van der Waals surface area contributed by atoms with Gasteiger partial charge < -0.3 is 16.0 Å². The van der Waals surface area contributed by atoms with Crippen LogP contribution in [0.3, 0.4) is 0 Å². The summed E-state index contributed by atoms with van der Waals surface area (Å²) in [4.78, 5) is 27.9. The minimum absolute atomic E-state index is 0.0974. The van der Waals surface area contributed by atoms with Crippen molar-refractivity contribution in [3.05, 3.63) is 100 Å². The average molecular weight is 480 g/mol. The SMILES string of the molecule is NC1CCCCC1N(Cc1cc(NC(=O)c2ccc(F)cc2)ccc1Cl)C(=O)c1ccccc1. The molecule has 1 aliphatic rings. The van der Waals surface area contributed by atoms with Gasteiger partial charge in [-0.15, -0.1) is 0 Å². The van der Waals surface area contributed by atoms with Crippen molar-refractivity contribution in [2.24, 2.45) is 5.73 Å². The van der Waals surface area contributed by atoms with Gasteiger partial charge in [0.05, 0.1) is 0 Å². The first-order valence-electron chi connectivity index (χ1n) is 11.4. The Balaban J connectivity index is 1.59. The number of carbonyl (C=O) groups is 2. The van der Waals surface area contributed by atoms with Gasteiger partial charge in [0.15, 0.2) is 0 Å². The van der Waals surface area contributed by atoms with Gasteiger partial charge in [0.2, 0.25) is 0 Å². The van der Waals surface area contributed by atoms with Crippen molar-refractivity contribution in [3.8, 4) is 0 Å². The lowest BCUT2D eigenvalue weighted by Crippen LogP contribution is -2.51. The Morgan fingerprint density at radius 2 is 1.68 bits per heavy atom. The highest BCUT2D eigenvalue weighted by Gasteiger charge is 2.32. The normalized spacial score (nSPS) is 17.7. The fraction of sp³-hybridized carbons (Fsp3) is 0.259. The maximum Gasteiger partial charge on any atom is 0.255 e. The third-order valence-corrected chi connectivity index (χ3v) is 6.58. The molecule has 2 unspecified atom stereocenters. The molecule has 3 aromatic carbocycles. The van der Waals surface area contributed by atoms with E-state index in [4.69, 9.17) is 17.3 Å². The quantitative estimate of drug-likeness (QED) is 0.480. The van der Waals surface area contributed by atoms with Gasteiger partial charge in [-0.05, 0) is 73.0 Å². The summed E-state index contributed by atoms with van der Waals surface area (Å²) < 4.78 is 13.2. The van der Waals surface area contributed by atoms with Crippen LogP contribution in [-0.4, -0.2) is 28.8 Å². The summed E-state index contributed by atoms with van der Waals surface area (Å²) in [7, 11) is 0. The number of nitrogens with two attached hydrogens (primary N) is 1. The molecule has 0 aromatic heterocycles. The number of anilines is 1. The van der Waals surface area contributed by atoms with Gasteiger partial charge in [-0.2, -0.15) is 0 Å². The lowest BCUT2D eigenvalue weighted by atomic mass is 9.89. The van der Waals surface area contributed by atoms with Crippen LogP contribution in [0.15, 0.2) is 72.8 Å². The van der Waals surface area contributed by atoms with E-state index in [-0.39, 0.29) is 30.4 Å². The Bertz CT molecular complexity index is 1150. The molecule has 2 atom stereocenters. The molecule has 176 valence electrons. The van der Waals surface area contributed by atoms with E-state index in [9.17, 15) is 14.0 Å². The number of hydrogen-bond donors (Lipinski definition) is 2. The van der Waals surface area contributed by atoms with E-state index in [0.717, 1.165) is 25.7 Å². The van der Waals surface area contributed by atoms with Crippen LogP contribution >= 0.6 is 11.6 Å². The maximum absolute atomic E-state index is 13.5. The molecule has 7 heteroatoms. The lowest BCUT2D eigenvalue weighted by Gasteiger charge is -2.38. The number of nitrogens with zero attached hydrogens (tertiary/aromatic N) is 1. The van der Waals surface area contributed by atoms with Gasteiger partial charge in [0, 0.05) is 40.5 Å². The first kappa shape index (κ1) is 23.9. The molecule has 1 saturated carbocycles. The van der Waals surface area contributed by atoms with Gasteiger partial charge >= 0.3 is 0 Å². The van der Waals surface area contributed by atoms with Crippen molar-refractivity contribution in [2.45, 2.75) is 44.3 Å². The van der Waals surface area contributed by atoms with Crippen LogP contribution < -0.4 is 11.1 Å². The summed E-state index contributed by atoms with van der Waals surface area (Å²) in [6.45, 7) is 0.269. The third kappa shape index (κ3) is 5.64. The molecule has 34 heavy (non-hydrogen) atoms. The summed E-state index contributed by atoms with van der Waals surface area (Å²) in [6.07, 6.45) is 3.76. The highest BCUT2D eigenvalue weighted by Crippen LogP contribution is 2.29. The van der Waals surface area contributed by atoms with Gasteiger partial charge in [-0.25, -0.2) is 4.39 Å². The van der Waals surface area contributed by atoms with E-state index in [1.807, 2.05) is 23.1 Å². The molecule has 1 aliphatic carbocycles. The molecule has 0 bridgehead atoms. The molecule has 1 fully saturated rings. The van der Waals surface area contributed by atoms with Crippen LogP contribution in [0.25, 0.3) is 0 Å². The molecule has 0 heterocycles. The first-order chi connectivity index (χ1) is 16.4. The fourth-order valence-electron chi connectivity index (χ4n) is 4.37. The van der Waals surface area contributed by atoms with Gasteiger partial charge in [-0.3, -0.25) is 9.59 Å². The molecular weight excluding hydrogens is 453 g/mol. The Morgan fingerprint density at radius 3 is 2.38 bits per heavy atom. The largest absolute Gasteiger partial charge is 0.330 e. The molecule has 0 saturated heterocycles. The van der Waals surface area contributed by atoms with Crippen molar-refractivity contribution in [2.75, 3.05) is 5.32 Å². The van der Waals surface area contributed by atoms with Crippen molar-refractivity contribution >= 4 is 29.1 Å². The zero-order chi connectivity index (χ0) is 24.1. The predicted octanol–water partition coefficient (Wildman–Crippen LogP) is 5.64. The topological polar surface area (TPSA) is 75.4 Å². The second-order valence-corrected chi connectivity index (χ2v) is 8.99. The minimum Gasteiger partial charge on any atom is -0.330 e. The number of halogens is 2. The lowest BCUT2D eigenvalue weighted by molar-refractivity contribution is 0.0583. The van der Waals surface area contributed by atoms with E-state index < -0.39 is 5.82 Å². The number of amides is 2. The van der Waals surface area contributed by atoms with E-state index in [0.29, 0.717) is 27.4 Å². The summed E-state index contributed by atoms with van der Waals surface area (Å²) in [5, 5.41) is 3.31. The van der Waals surface area contributed by atoms with Gasteiger partial charge in [0.1, 0.15) is 5.82 Å². The average Bonchev–Trinajstić information content (AvgIpc) is 2.85. The maximum atomic E-state index is 13.5. The second-order valence-electron chi connectivity index (χ2n) is 8.58. The first-order valence-corrected chi connectivity index (χ1v) is 11.8. The number of benzene rings is 3. The zero-order valence-corrected chi connectivity index (χ0v) is 19.5. The Morgan fingerprint density at radius 1 is 0.971 bits per heavy atom. The molecule has 2 amide bonds. The van der Waals surface area contributed by atoms with Crippen molar-refractivity contribution in [1.82, 2.24) is 4.90 Å². The standard InChI is InChI=1S/C27H27ClFN3O2/c28-23-15-14-22(31-26(33)18-10-12-21(29)13-11-18)16-20(23)17-32(25-9-5-4-8-24(25)30)27(34)19-6-2-1-3-7-19/h1-3,6-7,10-16,24-25H,4-5,8-9,17,30H2,(H,31,33). The van der Waals surface area contributed by atoms with Gasteiger partial charge in [0.25, 0.3) is 11.8 Å². The van der Waals surface area contributed by atoms with Crippen LogP contribution in [0.5, 0.6) is 0 Å². The summed E-state index contributed by atoms with van der Waals surface area (Å²) in [5.41, 5.74) is 8.63. The molecule has 0 spiro atoms. The number of hydrogen-bond acceptors (Lipinski definition) is 3. The molecule has 4 rings (SSSR count). The zero-order valence-electron chi connectivity index (χ0n) is 18.7. The molecular formula is C27H27ClFN3O2. The van der Waals surface area contributed by atoms with Crippen LogP contribution in [0.2, 0.25) is 5.02 Å². The predicted molar refractivity (Wildman–Crippen MR) is 132 cm³/mol. The van der Waals surface area contributed by atoms with Crippen LogP contribution in [0.4, 0.5) is 10.1 Å². The van der Waals surface area contributed by atoms with E-state index >= 15 is 0 Å². The Kier molecular flexibility index (Phi) is 7.60. The summed E-state index contributed by atoms with van der Waals surface area (Å²) in [5.74, 6) is -0.867. The Hall–Kier alpha value is -3.22. The van der Waals surface area contributed by atoms with Crippen molar-refractivity contribution in [1.29, 1.82) is 0 Å². The van der Waals surface area contributed by atoms with Crippen LogP contribution in [-0.2, 0) is 6.54 Å². The van der Waals surface area contributed by atoms with Crippen molar-refractivity contribution in [3.63, 3.8) is 0 Å². The van der Waals surface area contributed by atoms with Gasteiger partial charge in [-0.1, -0.05) is 42.6 Å². The smallest absolute Gasteiger partial charge is 0.255 e.